The van der Waals surface area contributed by atoms with E-state index in [9.17, 15) is 15.2 Å². The molecular weight excluding hydrogens is 244 g/mol. The molecule has 0 aliphatic rings. The van der Waals surface area contributed by atoms with Crippen LogP contribution in [0.1, 0.15) is 18.5 Å². The number of non-ortho nitro benzene ring substituents is 1. The van der Waals surface area contributed by atoms with Gasteiger partial charge in [-0.15, -0.1) is 0 Å². The summed E-state index contributed by atoms with van der Waals surface area (Å²) in [6.45, 7) is 1.95. The minimum atomic E-state index is -0.420. The maximum absolute atomic E-state index is 10.7. The van der Waals surface area contributed by atoms with Crippen molar-refractivity contribution in [1.29, 1.82) is 0 Å². The normalized spacial score (nSPS) is 11.8. The molecule has 0 amide bonds. The largest absolute Gasteiger partial charge is 0.508 e. The van der Waals surface area contributed by atoms with Gasteiger partial charge >= 0.3 is 0 Å². The monoisotopic (exact) mass is 258 g/mol. The fourth-order valence-electron chi connectivity index (χ4n) is 1.81. The summed E-state index contributed by atoms with van der Waals surface area (Å²) < 4.78 is 0. The molecule has 0 bridgehead atoms. The van der Waals surface area contributed by atoms with E-state index < -0.39 is 4.92 Å². The number of nitrogens with zero attached hydrogens (tertiary/aromatic N) is 1. The summed E-state index contributed by atoms with van der Waals surface area (Å²) in [7, 11) is 0. The molecule has 5 heteroatoms. The van der Waals surface area contributed by atoms with Crippen molar-refractivity contribution < 1.29 is 10.0 Å². The van der Waals surface area contributed by atoms with Crippen LogP contribution in [0.2, 0.25) is 0 Å². The van der Waals surface area contributed by atoms with Crippen molar-refractivity contribution in [2.24, 2.45) is 0 Å². The van der Waals surface area contributed by atoms with Crippen molar-refractivity contribution in [3.8, 4) is 5.75 Å². The standard InChI is InChI=1S/C14H14N2O3/c1-10(11-5-7-14(17)8-6-11)15-12-3-2-4-13(9-12)16(18)19/h2-10,15,17H,1H3. The third-order valence-corrected chi connectivity index (χ3v) is 2.83. The lowest BCUT2D eigenvalue weighted by molar-refractivity contribution is -0.384. The number of nitro benzene ring substituents is 1. The zero-order valence-corrected chi connectivity index (χ0v) is 10.4. The molecule has 0 aliphatic carbocycles. The molecule has 0 spiro atoms. The van der Waals surface area contributed by atoms with Crippen molar-refractivity contribution in [2.45, 2.75) is 13.0 Å². The van der Waals surface area contributed by atoms with Crippen LogP contribution >= 0.6 is 0 Å². The van der Waals surface area contributed by atoms with Crippen LogP contribution in [-0.2, 0) is 0 Å². The number of aromatic hydroxyl groups is 1. The number of anilines is 1. The van der Waals surface area contributed by atoms with Crippen molar-refractivity contribution >= 4 is 11.4 Å². The minimum Gasteiger partial charge on any atom is -0.508 e. The minimum absolute atomic E-state index is 0.0115. The quantitative estimate of drug-likeness (QED) is 0.650. The van der Waals surface area contributed by atoms with E-state index in [1.807, 2.05) is 19.1 Å². The van der Waals surface area contributed by atoms with Gasteiger partial charge in [0.15, 0.2) is 0 Å². The lowest BCUT2D eigenvalue weighted by Crippen LogP contribution is -2.06. The van der Waals surface area contributed by atoms with Crippen molar-refractivity contribution in [2.75, 3.05) is 5.32 Å². The molecule has 98 valence electrons. The van der Waals surface area contributed by atoms with Crippen LogP contribution in [0, 0.1) is 10.1 Å². The first-order valence-electron chi connectivity index (χ1n) is 5.86. The van der Waals surface area contributed by atoms with Crippen LogP contribution in [0.5, 0.6) is 5.75 Å². The van der Waals surface area contributed by atoms with Crippen molar-refractivity contribution in [3.63, 3.8) is 0 Å². The molecular formula is C14H14N2O3. The van der Waals surface area contributed by atoms with E-state index in [0.717, 1.165) is 5.56 Å². The summed E-state index contributed by atoms with van der Waals surface area (Å²) in [6, 6.07) is 13.2. The first-order valence-corrected chi connectivity index (χ1v) is 5.86. The number of rotatable bonds is 4. The van der Waals surface area contributed by atoms with Gasteiger partial charge in [0, 0.05) is 23.9 Å². The number of nitrogens with one attached hydrogen (secondary N) is 1. The molecule has 2 rings (SSSR count). The molecule has 0 radical (unpaired) electrons. The molecule has 2 aromatic rings. The van der Waals surface area contributed by atoms with Crippen LogP contribution in [0.4, 0.5) is 11.4 Å². The Morgan fingerprint density at radius 2 is 1.89 bits per heavy atom. The second kappa shape index (κ2) is 5.39. The number of benzene rings is 2. The Hall–Kier alpha value is -2.56. The average Bonchev–Trinajstić information content (AvgIpc) is 2.39. The smallest absolute Gasteiger partial charge is 0.271 e. The summed E-state index contributed by atoms with van der Waals surface area (Å²) >= 11 is 0. The van der Waals surface area contributed by atoms with E-state index in [1.54, 1.807) is 24.3 Å². The fourth-order valence-corrected chi connectivity index (χ4v) is 1.81. The van der Waals surface area contributed by atoms with Gasteiger partial charge in [-0.05, 0) is 30.7 Å². The van der Waals surface area contributed by atoms with Gasteiger partial charge in [0.2, 0.25) is 0 Å². The number of phenols is 1. The summed E-state index contributed by atoms with van der Waals surface area (Å²) in [5.41, 5.74) is 1.74. The summed E-state index contributed by atoms with van der Waals surface area (Å²) in [4.78, 5) is 10.3. The Morgan fingerprint density at radius 3 is 2.53 bits per heavy atom. The summed E-state index contributed by atoms with van der Waals surface area (Å²) in [5.74, 6) is 0.214. The van der Waals surface area contributed by atoms with Gasteiger partial charge in [-0.1, -0.05) is 18.2 Å². The predicted molar refractivity (Wildman–Crippen MR) is 73.2 cm³/mol. The maximum atomic E-state index is 10.7. The van der Waals surface area contributed by atoms with Gasteiger partial charge < -0.3 is 10.4 Å². The molecule has 2 N–H and O–H groups in total. The zero-order chi connectivity index (χ0) is 13.8. The molecule has 0 heterocycles. The van der Waals surface area contributed by atoms with Crippen LogP contribution in [-0.4, -0.2) is 10.0 Å². The molecule has 0 aromatic heterocycles. The van der Waals surface area contributed by atoms with E-state index in [-0.39, 0.29) is 17.5 Å². The third-order valence-electron chi connectivity index (χ3n) is 2.83. The topological polar surface area (TPSA) is 75.4 Å². The van der Waals surface area contributed by atoms with E-state index in [1.165, 1.54) is 12.1 Å². The molecule has 19 heavy (non-hydrogen) atoms. The highest BCUT2D eigenvalue weighted by Gasteiger charge is 2.09. The Labute approximate surface area is 110 Å². The fraction of sp³-hybridized carbons (Fsp3) is 0.143. The number of hydrogen-bond acceptors (Lipinski definition) is 4. The molecule has 0 aliphatic heterocycles. The van der Waals surface area contributed by atoms with Gasteiger partial charge in [0.1, 0.15) is 5.75 Å². The predicted octanol–water partition coefficient (Wildman–Crippen LogP) is 3.47. The lowest BCUT2D eigenvalue weighted by Gasteiger charge is -2.15. The second-order valence-corrected chi connectivity index (χ2v) is 4.26. The Balaban J connectivity index is 2.14. The van der Waals surface area contributed by atoms with Gasteiger partial charge in [-0.3, -0.25) is 10.1 Å². The number of hydrogen-bond donors (Lipinski definition) is 2. The molecule has 0 fully saturated rings. The second-order valence-electron chi connectivity index (χ2n) is 4.26. The molecule has 0 saturated heterocycles. The molecule has 2 aromatic carbocycles. The van der Waals surface area contributed by atoms with Crippen LogP contribution < -0.4 is 5.32 Å². The van der Waals surface area contributed by atoms with E-state index >= 15 is 0 Å². The van der Waals surface area contributed by atoms with Crippen molar-refractivity contribution in [3.05, 3.63) is 64.2 Å². The van der Waals surface area contributed by atoms with Gasteiger partial charge in [-0.25, -0.2) is 0 Å². The van der Waals surface area contributed by atoms with Crippen LogP contribution in [0.3, 0.4) is 0 Å². The van der Waals surface area contributed by atoms with E-state index in [0.29, 0.717) is 5.69 Å². The molecule has 0 saturated carbocycles. The molecule has 5 nitrogen and oxygen atoms in total. The highest BCUT2D eigenvalue weighted by molar-refractivity contribution is 5.52. The highest BCUT2D eigenvalue weighted by Crippen LogP contribution is 2.23. The Kier molecular flexibility index (Phi) is 3.66. The van der Waals surface area contributed by atoms with Gasteiger partial charge in [0.25, 0.3) is 5.69 Å². The Morgan fingerprint density at radius 1 is 1.21 bits per heavy atom. The maximum Gasteiger partial charge on any atom is 0.271 e. The highest BCUT2D eigenvalue weighted by atomic mass is 16.6. The van der Waals surface area contributed by atoms with Crippen LogP contribution in [0.15, 0.2) is 48.5 Å². The van der Waals surface area contributed by atoms with E-state index in [4.69, 9.17) is 0 Å². The first kappa shape index (κ1) is 12.9. The first-order chi connectivity index (χ1) is 9.06. The third kappa shape index (κ3) is 3.22. The van der Waals surface area contributed by atoms with Crippen molar-refractivity contribution in [1.82, 2.24) is 0 Å². The zero-order valence-electron chi connectivity index (χ0n) is 10.4. The number of phenolic OH excluding ortho intramolecular Hbond substituents is 1. The lowest BCUT2D eigenvalue weighted by atomic mass is 10.1. The average molecular weight is 258 g/mol. The molecule has 1 atom stereocenters. The Bertz CT molecular complexity index is 581. The molecule has 1 unspecified atom stereocenters. The number of nitro groups is 1. The summed E-state index contributed by atoms with van der Waals surface area (Å²) in [6.07, 6.45) is 0. The summed E-state index contributed by atoms with van der Waals surface area (Å²) in [5, 5.41) is 23.1. The van der Waals surface area contributed by atoms with Gasteiger partial charge in [-0.2, -0.15) is 0 Å². The van der Waals surface area contributed by atoms with E-state index in [2.05, 4.69) is 5.32 Å². The van der Waals surface area contributed by atoms with Crippen LogP contribution in [0.25, 0.3) is 0 Å². The van der Waals surface area contributed by atoms with Gasteiger partial charge in [0.05, 0.1) is 4.92 Å². The SMILES string of the molecule is CC(Nc1cccc([N+](=O)[O-])c1)c1ccc(O)cc1.